The summed E-state index contributed by atoms with van der Waals surface area (Å²) in [6, 6.07) is 5.96. The Hall–Kier alpha value is -0.100. The van der Waals surface area contributed by atoms with E-state index in [1.54, 1.807) is 0 Å². The molecule has 1 fully saturated rings. The van der Waals surface area contributed by atoms with Crippen LogP contribution in [0.3, 0.4) is 0 Å². The lowest BCUT2D eigenvalue weighted by Gasteiger charge is -2.22. The molecule has 0 saturated carbocycles. The first-order valence-electron chi connectivity index (χ1n) is 6.23. The minimum atomic E-state index is -2.84. The van der Waals surface area contributed by atoms with Gasteiger partial charge in [0.05, 0.1) is 11.5 Å². The first-order valence-corrected chi connectivity index (χ1v) is 9.22. The highest BCUT2D eigenvalue weighted by Gasteiger charge is 2.33. The van der Waals surface area contributed by atoms with Crippen LogP contribution in [-0.4, -0.2) is 33.0 Å². The smallest absolute Gasteiger partial charge is 0.150 e. The number of hydrogen-bond donors (Lipinski definition) is 1. The van der Waals surface area contributed by atoms with Crippen LogP contribution in [-0.2, 0) is 16.3 Å². The molecule has 0 aliphatic carbocycles. The van der Waals surface area contributed by atoms with Gasteiger partial charge in [0.2, 0.25) is 0 Å². The van der Waals surface area contributed by atoms with E-state index in [0.29, 0.717) is 5.75 Å². The van der Waals surface area contributed by atoms with Crippen LogP contribution in [0.15, 0.2) is 22.7 Å². The van der Waals surface area contributed by atoms with Gasteiger partial charge in [-0.15, -0.1) is 0 Å². The van der Waals surface area contributed by atoms with E-state index in [0.717, 1.165) is 27.9 Å². The van der Waals surface area contributed by atoms with Crippen molar-refractivity contribution < 1.29 is 8.42 Å². The van der Waals surface area contributed by atoms with Gasteiger partial charge >= 0.3 is 0 Å². The molecule has 0 aromatic heterocycles. The van der Waals surface area contributed by atoms with Crippen molar-refractivity contribution in [2.24, 2.45) is 5.92 Å². The normalized spacial score (nSPS) is 23.4. The summed E-state index contributed by atoms with van der Waals surface area (Å²) in [5.41, 5.74) is 1.05. The number of likely N-dealkylation sites (N-methyl/N-ethyl adjacent to an activating group) is 1. The number of nitrogens with one attached hydrogen (secondary N) is 1. The van der Waals surface area contributed by atoms with Gasteiger partial charge in [0.1, 0.15) is 0 Å². The molecule has 1 aromatic carbocycles. The van der Waals surface area contributed by atoms with Crippen LogP contribution >= 0.6 is 27.5 Å². The van der Waals surface area contributed by atoms with Crippen molar-refractivity contribution in [1.29, 1.82) is 0 Å². The summed E-state index contributed by atoms with van der Waals surface area (Å²) in [6.45, 7) is 0. The highest BCUT2D eigenvalue weighted by atomic mass is 79.9. The van der Waals surface area contributed by atoms with Crippen molar-refractivity contribution in [3.05, 3.63) is 33.3 Å². The highest BCUT2D eigenvalue weighted by Crippen LogP contribution is 2.27. The zero-order chi connectivity index (χ0) is 14.0. The largest absolute Gasteiger partial charge is 0.316 e. The monoisotopic (exact) mass is 365 g/mol. The molecular weight excluding hydrogens is 350 g/mol. The predicted octanol–water partition coefficient (Wildman–Crippen LogP) is 2.67. The second-order valence-electron chi connectivity index (χ2n) is 5.00. The van der Waals surface area contributed by atoms with E-state index in [1.807, 2.05) is 25.2 Å². The number of rotatable bonds is 4. The number of halogens is 2. The molecule has 0 bridgehead atoms. The van der Waals surface area contributed by atoms with E-state index < -0.39 is 9.84 Å². The third-order valence-electron chi connectivity index (χ3n) is 3.66. The maximum atomic E-state index is 11.6. The third kappa shape index (κ3) is 3.94. The number of sulfone groups is 1. The number of hydrogen-bond acceptors (Lipinski definition) is 3. The molecule has 1 aromatic rings. The van der Waals surface area contributed by atoms with Crippen LogP contribution in [0, 0.1) is 5.92 Å². The van der Waals surface area contributed by atoms with Crippen molar-refractivity contribution >= 4 is 37.4 Å². The second kappa shape index (κ2) is 6.12. The SMILES string of the molecule is CNC(Cc1ccc(Br)cc1Cl)C1CCS(=O)(=O)C1. The van der Waals surface area contributed by atoms with E-state index in [-0.39, 0.29) is 17.7 Å². The summed E-state index contributed by atoms with van der Waals surface area (Å²) in [5.74, 6) is 0.769. The van der Waals surface area contributed by atoms with Crippen molar-refractivity contribution in [1.82, 2.24) is 5.32 Å². The van der Waals surface area contributed by atoms with E-state index in [9.17, 15) is 8.42 Å². The van der Waals surface area contributed by atoms with Gasteiger partial charge in [0, 0.05) is 15.5 Å². The molecule has 1 N–H and O–H groups in total. The lowest BCUT2D eigenvalue weighted by molar-refractivity contribution is 0.403. The molecule has 1 heterocycles. The quantitative estimate of drug-likeness (QED) is 0.891. The van der Waals surface area contributed by atoms with E-state index >= 15 is 0 Å². The van der Waals surface area contributed by atoms with Crippen molar-refractivity contribution in [3.8, 4) is 0 Å². The van der Waals surface area contributed by atoms with Gasteiger partial charge in [0.25, 0.3) is 0 Å². The summed E-state index contributed by atoms with van der Waals surface area (Å²) in [5, 5.41) is 3.96. The van der Waals surface area contributed by atoms with Gasteiger partial charge in [-0.3, -0.25) is 0 Å². The van der Waals surface area contributed by atoms with E-state index in [4.69, 9.17) is 11.6 Å². The zero-order valence-electron chi connectivity index (χ0n) is 10.7. The Balaban J connectivity index is 2.11. The second-order valence-corrected chi connectivity index (χ2v) is 8.55. The molecule has 3 nitrogen and oxygen atoms in total. The molecule has 0 amide bonds. The van der Waals surface area contributed by atoms with Crippen LogP contribution < -0.4 is 5.32 Å². The molecule has 2 rings (SSSR count). The molecule has 0 radical (unpaired) electrons. The molecule has 1 saturated heterocycles. The Morgan fingerprint density at radius 2 is 2.26 bits per heavy atom. The topological polar surface area (TPSA) is 46.2 Å². The first kappa shape index (κ1) is 15.3. The zero-order valence-corrected chi connectivity index (χ0v) is 13.9. The molecule has 2 atom stereocenters. The van der Waals surface area contributed by atoms with Gasteiger partial charge in [-0.05, 0) is 43.5 Å². The Kier molecular flexibility index (Phi) is 4.93. The summed E-state index contributed by atoms with van der Waals surface area (Å²) >= 11 is 9.60. The van der Waals surface area contributed by atoms with Crippen LogP contribution in [0.2, 0.25) is 5.02 Å². The summed E-state index contributed by atoms with van der Waals surface area (Å²) in [6.07, 6.45) is 1.49. The van der Waals surface area contributed by atoms with E-state index in [1.165, 1.54) is 0 Å². The Morgan fingerprint density at radius 1 is 1.53 bits per heavy atom. The van der Waals surface area contributed by atoms with Crippen LogP contribution in [0.1, 0.15) is 12.0 Å². The Morgan fingerprint density at radius 3 is 2.79 bits per heavy atom. The van der Waals surface area contributed by atoms with Gasteiger partial charge in [-0.25, -0.2) is 8.42 Å². The standard InChI is InChI=1S/C13H17BrClNO2S/c1-16-13(10-4-5-19(17,18)8-10)6-9-2-3-11(14)7-12(9)15/h2-3,7,10,13,16H,4-6,8H2,1H3. The molecule has 6 heteroatoms. The van der Waals surface area contributed by atoms with Crippen LogP contribution in [0.25, 0.3) is 0 Å². The van der Waals surface area contributed by atoms with Crippen molar-refractivity contribution in [2.45, 2.75) is 18.9 Å². The molecule has 0 spiro atoms. The summed E-state index contributed by atoms with van der Waals surface area (Å²) in [7, 11) is -0.963. The lowest BCUT2D eigenvalue weighted by atomic mass is 9.93. The molecule has 1 aliphatic rings. The third-order valence-corrected chi connectivity index (χ3v) is 6.30. The fourth-order valence-electron chi connectivity index (χ4n) is 2.57. The molecule has 1 aliphatic heterocycles. The molecule has 106 valence electrons. The lowest BCUT2D eigenvalue weighted by Crippen LogP contribution is -2.36. The number of benzene rings is 1. The Labute approximate surface area is 127 Å². The maximum absolute atomic E-state index is 11.6. The summed E-state index contributed by atoms with van der Waals surface area (Å²) in [4.78, 5) is 0. The van der Waals surface area contributed by atoms with Gasteiger partial charge in [-0.1, -0.05) is 33.6 Å². The van der Waals surface area contributed by atoms with Crippen molar-refractivity contribution in [3.63, 3.8) is 0 Å². The first-order chi connectivity index (χ1) is 8.91. The fourth-order valence-corrected chi connectivity index (χ4v) is 5.20. The van der Waals surface area contributed by atoms with Crippen LogP contribution in [0.4, 0.5) is 0 Å². The van der Waals surface area contributed by atoms with E-state index in [2.05, 4.69) is 21.2 Å². The Bertz CT molecular complexity index is 562. The maximum Gasteiger partial charge on any atom is 0.150 e. The average Bonchev–Trinajstić information content (AvgIpc) is 2.69. The fraction of sp³-hybridized carbons (Fsp3) is 0.538. The minimum absolute atomic E-state index is 0.149. The van der Waals surface area contributed by atoms with Gasteiger partial charge in [0.15, 0.2) is 9.84 Å². The van der Waals surface area contributed by atoms with Crippen LogP contribution in [0.5, 0.6) is 0 Å². The average molecular weight is 367 g/mol. The van der Waals surface area contributed by atoms with Gasteiger partial charge in [-0.2, -0.15) is 0 Å². The van der Waals surface area contributed by atoms with Crippen molar-refractivity contribution in [2.75, 3.05) is 18.6 Å². The molecular formula is C13H17BrClNO2S. The van der Waals surface area contributed by atoms with Gasteiger partial charge < -0.3 is 5.32 Å². The summed E-state index contributed by atoms with van der Waals surface area (Å²) < 4.78 is 24.1. The molecule has 19 heavy (non-hydrogen) atoms. The highest BCUT2D eigenvalue weighted by molar-refractivity contribution is 9.10. The molecule has 2 unspecified atom stereocenters. The predicted molar refractivity (Wildman–Crippen MR) is 82.5 cm³/mol. The minimum Gasteiger partial charge on any atom is -0.316 e.